The monoisotopic (exact) mass is 267 g/mol. The van der Waals surface area contributed by atoms with Gasteiger partial charge in [0, 0.05) is 18.9 Å². The zero-order valence-corrected chi connectivity index (χ0v) is 11.6. The van der Waals surface area contributed by atoms with E-state index in [9.17, 15) is 0 Å². The number of thiazole rings is 1. The van der Waals surface area contributed by atoms with Crippen molar-refractivity contribution in [3.05, 3.63) is 21.9 Å². The van der Waals surface area contributed by atoms with Crippen molar-refractivity contribution in [2.45, 2.75) is 39.3 Å². The van der Waals surface area contributed by atoms with Gasteiger partial charge < -0.3 is 4.74 Å². The van der Waals surface area contributed by atoms with E-state index in [1.54, 1.807) is 23.1 Å². The highest BCUT2D eigenvalue weighted by Crippen LogP contribution is 2.20. The summed E-state index contributed by atoms with van der Waals surface area (Å²) in [5, 5.41) is 14.7. The molecule has 0 fully saturated rings. The third kappa shape index (κ3) is 2.91. The average Bonchev–Trinajstić information content (AvgIpc) is 3.00. The molecule has 1 atom stereocenters. The number of hydrogen-bond donors (Lipinski definition) is 0. The summed E-state index contributed by atoms with van der Waals surface area (Å²) < 4.78 is 7.05. The Balaban J connectivity index is 2.09. The molecule has 0 saturated carbocycles. The second kappa shape index (κ2) is 6.01. The molecular formula is C11H17N5OS. The Hall–Kier alpha value is -1.34. The highest BCUT2D eigenvalue weighted by Gasteiger charge is 2.11. The number of ether oxygens (including phenoxy) is 1. The van der Waals surface area contributed by atoms with Crippen molar-refractivity contribution < 1.29 is 4.74 Å². The second-order valence-electron chi connectivity index (χ2n) is 4.06. The van der Waals surface area contributed by atoms with Crippen LogP contribution >= 0.6 is 11.3 Å². The summed E-state index contributed by atoms with van der Waals surface area (Å²) in [7, 11) is 1.69. The quantitative estimate of drug-likeness (QED) is 0.799. The van der Waals surface area contributed by atoms with Crippen molar-refractivity contribution in [1.29, 1.82) is 0 Å². The van der Waals surface area contributed by atoms with Crippen molar-refractivity contribution in [2.24, 2.45) is 0 Å². The van der Waals surface area contributed by atoms with Gasteiger partial charge in [-0.05, 0) is 23.8 Å². The molecule has 0 aliphatic heterocycles. The Kier molecular flexibility index (Phi) is 4.38. The molecule has 18 heavy (non-hydrogen) atoms. The van der Waals surface area contributed by atoms with E-state index in [4.69, 9.17) is 4.74 Å². The Morgan fingerprint density at radius 1 is 1.50 bits per heavy atom. The molecule has 2 heterocycles. The van der Waals surface area contributed by atoms with E-state index in [1.165, 1.54) is 0 Å². The minimum Gasteiger partial charge on any atom is -0.375 e. The van der Waals surface area contributed by atoms with Crippen LogP contribution < -0.4 is 0 Å². The Bertz CT molecular complexity index is 495. The van der Waals surface area contributed by atoms with Gasteiger partial charge in [0.05, 0.1) is 12.2 Å². The molecule has 0 aliphatic rings. The van der Waals surface area contributed by atoms with Crippen LogP contribution in [0.15, 0.2) is 5.38 Å². The lowest BCUT2D eigenvalue weighted by molar-refractivity contribution is 0.119. The predicted octanol–water partition coefficient (Wildman–Crippen LogP) is 1.84. The molecule has 0 spiro atoms. The van der Waals surface area contributed by atoms with Crippen molar-refractivity contribution in [2.75, 3.05) is 7.11 Å². The predicted molar refractivity (Wildman–Crippen MR) is 68.5 cm³/mol. The zero-order chi connectivity index (χ0) is 13.0. The van der Waals surface area contributed by atoms with Crippen LogP contribution in [0, 0.1) is 0 Å². The topological polar surface area (TPSA) is 65.7 Å². The molecule has 98 valence electrons. The van der Waals surface area contributed by atoms with Crippen LogP contribution in [-0.2, 0) is 17.7 Å². The SMILES string of the molecule is CCCc1nnnn1Cc1csc(C(C)OC)n1. The molecule has 7 heteroatoms. The van der Waals surface area contributed by atoms with Gasteiger partial charge >= 0.3 is 0 Å². The van der Waals surface area contributed by atoms with Crippen LogP contribution in [0.2, 0.25) is 0 Å². The number of methoxy groups -OCH3 is 1. The molecule has 2 rings (SSSR count). The first-order valence-corrected chi connectivity index (χ1v) is 6.84. The van der Waals surface area contributed by atoms with E-state index < -0.39 is 0 Å². The molecule has 2 aromatic rings. The number of aryl methyl sites for hydroxylation is 1. The van der Waals surface area contributed by atoms with E-state index in [2.05, 4.69) is 27.4 Å². The molecule has 1 unspecified atom stereocenters. The number of nitrogens with zero attached hydrogens (tertiary/aromatic N) is 5. The summed E-state index contributed by atoms with van der Waals surface area (Å²) in [6.07, 6.45) is 1.95. The van der Waals surface area contributed by atoms with Gasteiger partial charge in [-0.25, -0.2) is 9.67 Å². The lowest BCUT2D eigenvalue weighted by Crippen LogP contribution is -2.07. The largest absolute Gasteiger partial charge is 0.375 e. The summed E-state index contributed by atoms with van der Waals surface area (Å²) in [6, 6.07) is 0. The van der Waals surface area contributed by atoms with Crippen molar-refractivity contribution in [3.8, 4) is 0 Å². The number of rotatable bonds is 6. The van der Waals surface area contributed by atoms with Crippen LogP contribution in [-0.4, -0.2) is 32.3 Å². The maximum atomic E-state index is 5.25. The zero-order valence-electron chi connectivity index (χ0n) is 10.8. The summed E-state index contributed by atoms with van der Waals surface area (Å²) in [4.78, 5) is 4.53. The minimum atomic E-state index is 0.0349. The second-order valence-corrected chi connectivity index (χ2v) is 4.95. The van der Waals surface area contributed by atoms with E-state index in [1.807, 2.05) is 12.3 Å². The molecule has 6 nitrogen and oxygen atoms in total. The molecule has 0 aromatic carbocycles. The van der Waals surface area contributed by atoms with Gasteiger partial charge in [-0.1, -0.05) is 6.92 Å². The fourth-order valence-corrected chi connectivity index (χ4v) is 2.43. The first-order chi connectivity index (χ1) is 8.74. The van der Waals surface area contributed by atoms with Gasteiger partial charge in [0.15, 0.2) is 5.82 Å². The van der Waals surface area contributed by atoms with Crippen LogP contribution in [0.1, 0.15) is 42.9 Å². The minimum absolute atomic E-state index is 0.0349. The molecule has 0 amide bonds. The maximum Gasteiger partial charge on any atom is 0.151 e. The van der Waals surface area contributed by atoms with Gasteiger partial charge in [-0.15, -0.1) is 16.4 Å². The third-order valence-electron chi connectivity index (χ3n) is 2.66. The Morgan fingerprint density at radius 2 is 2.33 bits per heavy atom. The number of tetrazole rings is 1. The van der Waals surface area contributed by atoms with Gasteiger partial charge in [-0.2, -0.15) is 0 Å². The number of hydrogen-bond acceptors (Lipinski definition) is 6. The molecule has 0 bridgehead atoms. The van der Waals surface area contributed by atoms with Crippen molar-refractivity contribution in [3.63, 3.8) is 0 Å². The van der Waals surface area contributed by atoms with Crippen molar-refractivity contribution in [1.82, 2.24) is 25.2 Å². The highest BCUT2D eigenvalue weighted by molar-refractivity contribution is 7.09. The van der Waals surface area contributed by atoms with Gasteiger partial charge in [0.25, 0.3) is 0 Å². The highest BCUT2D eigenvalue weighted by atomic mass is 32.1. The number of aromatic nitrogens is 5. The molecule has 0 saturated heterocycles. The lowest BCUT2D eigenvalue weighted by atomic mass is 10.3. The maximum absolute atomic E-state index is 5.25. The van der Waals surface area contributed by atoms with Crippen LogP contribution in [0.25, 0.3) is 0 Å². The summed E-state index contributed by atoms with van der Waals surface area (Å²) in [5.41, 5.74) is 0.976. The van der Waals surface area contributed by atoms with Crippen LogP contribution in [0.5, 0.6) is 0 Å². The summed E-state index contributed by atoms with van der Waals surface area (Å²) in [6.45, 7) is 4.72. The van der Waals surface area contributed by atoms with E-state index in [0.29, 0.717) is 6.54 Å². The van der Waals surface area contributed by atoms with Crippen molar-refractivity contribution >= 4 is 11.3 Å². The van der Waals surface area contributed by atoms with E-state index in [-0.39, 0.29) is 6.10 Å². The standard InChI is InChI=1S/C11H17N5OS/c1-4-5-10-13-14-15-16(10)6-9-7-18-11(12-9)8(2)17-3/h7-8H,4-6H2,1-3H3. The fraction of sp³-hybridized carbons (Fsp3) is 0.636. The van der Waals surface area contributed by atoms with Gasteiger partial charge in [0.2, 0.25) is 0 Å². The van der Waals surface area contributed by atoms with Gasteiger partial charge in [0.1, 0.15) is 11.1 Å². The average molecular weight is 267 g/mol. The normalized spacial score (nSPS) is 12.8. The third-order valence-corrected chi connectivity index (χ3v) is 3.72. The summed E-state index contributed by atoms with van der Waals surface area (Å²) >= 11 is 1.61. The van der Waals surface area contributed by atoms with E-state index in [0.717, 1.165) is 29.4 Å². The summed E-state index contributed by atoms with van der Waals surface area (Å²) in [5.74, 6) is 0.909. The molecular weight excluding hydrogens is 250 g/mol. The fourth-order valence-electron chi connectivity index (χ4n) is 1.58. The van der Waals surface area contributed by atoms with E-state index >= 15 is 0 Å². The molecule has 2 aromatic heterocycles. The first-order valence-electron chi connectivity index (χ1n) is 5.96. The Morgan fingerprint density at radius 3 is 3.06 bits per heavy atom. The Labute approximate surface area is 110 Å². The molecule has 0 N–H and O–H groups in total. The first kappa shape index (κ1) is 13.1. The molecule has 0 radical (unpaired) electrons. The smallest absolute Gasteiger partial charge is 0.151 e. The van der Waals surface area contributed by atoms with Gasteiger partial charge in [-0.3, -0.25) is 0 Å². The molecule has 0 aliphatic carbocycles. The van der Waals surface area contributed by atoms with Crippen LogP contribution in [0.4, 0.5) is 0 Å². The lowest BCUT2D eigenvalue weighted by Gasteiger charge is -2.04. The van der Waals surface area contributed by atoms with Crippen LogP contribution in [0.3, 0.4) is 0 Å².